The van der Waals surface area contributed by atoms with E-state index in [1.165, 1.54) is 6.92 Å². The van der Waals surface area contributed by atoms with Crippen molar-refractivity contribution in [2.24, 2.45) is 11.0 Å². The number of anilines is 2. The average Bonchev–Trinajstić information content (AvgIpc) is 3.43. The number of aliphatic carboxylic acids is 1. The molecule has 2 unspecified atom stereocenters. The molecule has 0 aromatic heterocycles. The van der Waals surface area contributed by atoms with E-state index in [4.69, 9.17) is 25.8 Å². The predicted octanol–water partition coefficient (Wildman–Crippen LogP) is 5.33. The van der Waals surface area contributed by atoms with Crippen LogP contribution in [-0.2, 0) is 4.79 Å². The van der Waals surface area contributed by atoms with Gasteiger partial charge in [0.2, 0.25) is 6.79 Å². The van der Waals surface area contributed by atoms with E-state index in [1.807, 2.05) is 6.07 Å². The minimum atomic E-state index is -4.63. The quantitative estimate of drug-likeness (QED) is 0.531. The molecule has 2 aromatic rings. The Morgan fingerprint density at radius 1 is 1.16 bits per heavy atom. The van der Waals surface area contributed by atoms with E-state index in [0.717, 1.165) is 36.6 Å². The third kappa shape index (κ3) is 5.22. The summed E-state index contributed by atoms with van der Waals surface area (Å²) >= 11 is 6.44. The Balaban J connectivity index is 1.22. The minimum absolute atomic E-state index is 0.0451. The molecule has 3 heterocycles. The molecule has 1 N–H and O–H groups in total. The van der Waals surface area contributed by atoms with Crippen LogP contribution in [0.1, 0.15) is 26.2 Å². The van der Waals surface area contributed by atoms with E-state index >= 15 is 0 Å². The van der Waals surface area contributed by atoms with Crippen LogP contribution in [0, 0.1) is 5.92 Å². The van der Waals surface area contributed by atoms with Gasteiger partial charge in [0.05, 0.1) is 28.9 Å². The van der Waals surface area contributed by atoms with Gasteiger partial charge in [0.15, 0.2) is 11.5 Å². The molecule has 0 radical (unpaired) electrons. The number of hydrogen-bond acceptors (Lipinski definition) is 7. The van der Waals surface area contributed by atoms with Crippen LogP contribution in [0.3, 0.4) is 0 Å². The number of carbonyl (C=O) groups is 1. The third-order valence-electron chi connectivity index (χ3n) is 6.84. The van der Waals surface area contributed by atoms with Crippen molar-refractivity contribution in [2.75, 3.05) is 29.8 Å². The normalized spacial score (nSPS) is 21.8. The number of ether oxygens (including phenoxy) is 3. The van der Waals surface area contributed by atoms with Crippen LogP contribution in [0.25, 0.3) is 0 Å². The molecule has 1 saturated heterocycles. The summed E-state index contributed by atoms with van der Waals surface area (Å²) in [7, 11) is 0. The molecule has 8 nitrogen and oxygen atoms in total. The summed E-state index contributed by atoms with van der Waals surface area (Å²) in [6.45, 7) is 2.97. The van der Waals surface area contributed by atoms with E-state index in [-0.39, 0.29) is 12.9 Å². The molecule has 37 heavy (non-hydrogen) atoms. The highest BCUT2D eigenvalue weighted by Crippen LogP contribution is 2.42. The number of piperidine rings is 1. The summed E-state index contributed by atoms with van der Waals surface area (Å²) in [6.07, 6.45) is -3.65. The second-order valence-corrected chi connectivity index (χ2v) is 9.64. The standard InChI is InChI=1S/C25H25ClF3N3O5/c1-14-19(12-23(33)34)32(30-24(14)25(27,28)29)15-2-4-16(5-3-15)37-17-6-8-31(9-7-17)20-11-22-21(10-18(20)26)35-13-36-22/h2-5,10-11,14,17,19H,6-9,12-13H2,1H3,(H,33,34). The Bertz CT molecular complexity index is 1200. The number of fused-ring (bicyclic) bond motifs is 1. The summed E-state index contributed by atoms with van der Waals surface area (Å²) < 4.78 is 57.1. The highest BCUT2D eigenvalue weighted by Gasteiger charge is 2.48. The van der Waals surface area contributed by atoms with Crippen LogP contribution in [0.2, 0.25) is 5.02 Å². The Morgan fingerprint density at radius 2 is 1.81 bits per heavy atom. The fourth-order valence-corrected chi connectivity index (χ4v) is 5.19. The van der Waals surface area contributed by atoms with E-state index < -0.39 is 36.2 Å². The summed E-state index contributed by atoms with van der Waals surface area (Å²) in [4.78, 5) is 13.5. The second-order valence-electron chi connectivity index (χ2n) is 9.24. The van der Waals surface area contributed by atoms with E-state index in [2.05, 4.69) is 10.0 Å². The molecular formula is C25H25ClF3N3O5. The molecule has 0 spiro atoms. The number of halogens is 4. The Hall–Kier alpha value is -3.34. The van der Waals surface area contributed by atoms with Crippen molar-refractivity contribution in [3.05, 3.63) is 41.4 Å². The van der Waals surface area contributed by atoms with Gasteiger partial charge in [-0.2, -0.15) is 18.3 Å². The van der Waals surface area contributed by atoms with Crippen molar-refractivity contribution >= 4 is 34.7 Å². The Kier molecular flexibility index (Phi) is 6.74. The van der Waals surface area contributed by atoms with Gasteiger partial charge in [-0.15, -0.1) is 0 Å². The summed E-state index contributed by atoms with van der Waals surface area (Å²) in [5, 5.41) is 14.7. The maximum Gasteiger partial charge on any atom is 0.431 e. The third-order valence-corrected chi connectivity index (χ3v) is 7.14. The van der Waals surface area contributed by atoms with Gasteiger partial charge < -0.3 is 24.2 Å². The molecule has 12 heteroatoms. The highest BCUT2D eigenvalue weighted by molar-refractivity contribution is 6.33. The van der Waals surface area contributed by atoms with Gasteiger partial charge in [0, 0.05) is 44.0 Å². The molecule has 0 aliphatic carbocycles. The molecular weight excluding hydrogens is 515 g/mol. The lowest BCUT2D eigenvalue weighted by Gasteiger charge is -2.34. The van der Waals surface area contributed by atoms with Crippen LogP contribution in [0.4, 0.5) is 24.5 Å². The Labute approximate surface area is 216 Å². The minimum Gasteiger partial charge on any atom is -0.490 e. The fourth-order valence-electron chi connectivity index (χ4n) is 4.91. The molecule has 5 rings (SSSR count). The predicted molar refractivity (Wildman–Crippen MR) is 131 cm³/mol. The number of carboxylic acid groups (broad SMARTS) is 1. The molecule has 3 aliphatic rings. The van der Waals surface area contributed by atoms with Crippen LogP contribution in [0.5, 0.6) is 17.2 Å². The van der Waals surface area contributed by atoms with Gasteiger partial charge in [-0.05, 0) is 24.3 Å². The zero-order valence-corrected chi connectivity index (χ0v) is 20.6. The summed E-state index contributed by atoms with van der Waals surface area (Å²) in [6, 6.07) is 9.23. The van der Waals surface area contributed by atoms with Crippen molar-refractivity contribution in [1.82, 2.24) is 0 Å². The summed E-state index contributed by atoms with van der Waals surface area (Å²) in [5.74, 6) is -0.384. The van der Waals surface area contributed by atoms with Gasteiger partial charge >= 0.3 is 12.1 Å². The van der Waals surface area contributed by atoms with Gasteiger partial charge in [-0.1, -0.05) is 18.5 Å². The number of hydrogen-bond donors (Lipinski definition) is 1. The van der Waals surface area contributed by atoms with Gasteiger partial charge in [0.25, 0.3) is 0 Å². The van der Waals surface area contributed by atoms with Crippen molar-refractivity contribution in [3.8, 4) is 17.2 Å². The van der Waals surface area contributed by atoms with Crippen molar-refractivity contribution < 1.29 is 37.3 Å². The lowest BCUT2D eigenvalue weighted by molar-refractivity contribution is -0.137. The first-order valence-electron chi connectivity index (χ1n) is 11.9. The zero-order valence-electron chi connectivity index (χ0n) is 19.9. The second kappa shape index (κ2) is 9.85. The largest absolute Gasteiger partial charge is 0.490 e. The van der Waals surface area contributed by atoms with Crippen LogP contribution >= 0.6 is 11.6 Å². The first-order chi connectivity index (χ1) is 17.6. The highest BCUT2D eigenvalue weighted by atomic mass is 35.5. The average molecular weight is 540 g/mol. The fraction of sp³-hybridized carbons (Fsp3) is 0.440. The molecule has 198 valence electrons. The van der Waals surface area contributed by atoms with Gasteiger partial charge in [-0.25, -0.2) is 0 Å². The smallest absolute Gasteiger partial charge is 0.431 e. The Morgan fingerprint density at radius 3 is 2.43 bits per heavy atom. The van der Waals surface area contributed by atoms with Gasteiger partial charge in [-0.3, -0.25) is 9.80 Å². The number of carboxylic acids is 1. The number of alkyl halides is 3. The van der Waals surface area contributed by atoms with E-state index in [0.29, 0.717) is 28.0 Å². The lowest BCUT2D eigenvalue weighted by Crippen LogP contribution is -2.38. The van der Waals surface area contributed by atoms with Crippen LogP contribution < -0.4 is 24.1 Å². The number of hydrazone groups is 1. The van der Waals surface area contributed by atoms with Crippen LogP contribution in [-0.4, -0.2) is 55.0 Å². The van der Waals surface area contributed by atoms with Crippen molar-refractivity contribution in [3.63, 3.8) is 0 Å². The molecule has 2 atom stereocenters. The molecule has 1 fully saturated rings. The lowest BCUT2D eigenvalue weighted by atomic mass is 9.94. The maximum absolute atomic E-state index is 13.4. The molecule has 2 aromatic carbocycles. The summed E-state index contributed by atoms with van der Waals surface area (Å²) in [5.41, 5.74) is 0.272. The number of nitrogens with zero attached hydrogens (tertiary/aromatic N) is 3. The van der Waals surface area contributed by atoms with E-state index in [9.17, 15) is 23.1 Å². The first-order valence-corrected chi connectivity index (χ1v) is 12.3. The van der Waals surface area contributed by atoms with E-state index in [1.54, 1.807) is 30.3 Å². The maximum atomic E-state index is 13.4. The van der Waals surface area contributed by atoms with Gasteiger partial charge in [0.1, 0.15) is 17.6 Å². The van der Waals surface area contributed by atoms with Crippen molar-refractivity contribution in [1.29, 1.82) is 0 Å². The zero-order chi connectivity index (χ0) is 26.3. The van der Waals surface area contributed by atoms with Crippen LogP contribution in [0.15, 0.2) is 41.5 Å². The van der Waals surface area contributed by atoms with Crippen molar-refractivity contribution in [2.45, 2.75) is 44.5 Å². The molecule has 0 amide bonds. The monoisotopic (exact) mass is 539 g/mol. The topological polar surface area (TPSA) is 83.8 Å². The SMILES string of the molecule is CC1C(C(F)(F)F)=NN(c2ccc(OC3CCN(c4cc5c(cc4Cl)OCO5)CC3)cc2)C1CC(=O)O. The molecule has 3 aliphatic heterocycles. The number of rotatable bonds is 6. The first kappa shape index (κ1) is 25.3. The molecule has 0 bridgehead atoms. The molecule has 0 saturated carbocycles. The number of benzene rings is 2.